The van der Waals surface area contributed by atoms with E-state index < -0.39 is 19.9 Å². The smallest absolute Gasteiger partial charge is 0.240 e. The third kappa shape index (κ3) is 5.39. The quantitative estimate of drug-likeness (QED) is 0.731. The van der Waals surface area contributed by atoms with Crippen molar-refractivity contribution < 1.29 is 16.8 Å². The Morgan fingerprint density at radius 3 is 2.43 bits per heavy atom. The molecule has 0 spiro atoms. The van der Waals surface area contributed by atoms with Crippen LogP contribution < -0.4 is 10.5 Å². The molecular weight excluding hydrogens is 312 g/mol. The van der Waals surface area contributed by atoms with E-state index in [0.717, 1.165) is 5.56 Å². The maximum Gasteiger partial charge on any atom is 0.240 e. The predicted molar refractivity (Wildman–Crippen MR) is 83.2 cm³/mol. The zero-order valence-corrected chi connectivity index (χ0v) is 13.9. The van der Waals surface area contributed by atoms with Gasteiger partial charge in [-0.1, -0.05) is 26.0 Å². The van der Waals surface area contributed by atoms with Gasteiger partial charge in [0.2, 0.25) is 10.0 Å². The largest absolute Gasteiger partial charge is 0.324 e. The Balaban J connectivity index is 2.84. The lowest BCUT2D eigenvalue weighted by atomic mass is 10.1. The van der Waals surface area contributed by atoms with Gasteiger partial charge in [0.05, 0.1) is 10.6 Å². The molecule has 0 aromatic heterocycles. The molecule has 1 aromatic rings. The molecule has 0 saturated heterocycles. The number of nitrogens with two attached hydrogens (primary N) is 1. The van der Waals surface area contributed by atoms with Crippen molar-refractivity contribution in [2.75, 3.05) is 18.1 Å². The molecular formula is C13H22N2O4S2. The van der Waals surface area contributed by atoms with Crippen molar-refractivity contribution >= 4 is 19.9 Å². The SMILES string of the molecule is CCC(N)c1cccc(S(=O)(=O)NCCS(=O)(=O)CC)c1. The van der Waals surface area contributed by atoms with E-state index in [1.165, 1.54) is 19.1 Å². The van der Waals surface area contributed by atoms with Gasteiger partial charge in [-0.15, -0.1) is 0 Å². The first-order valence-corrected chi connectivity index (χ1v) is 10.1. The second-order valence-corrected chi connectivity index (χ2v) is 8.96. The highest BCUT2D eigenvalue weighted by atomic mass is 32.2. The molecule has 1 atom stereocenters. The summed E-state index contributed by atoms with van der Waals surface area (Å²) in [6.45, 7) is 3.31. The van der Waals surface area contributed by atoms with Crippen molar-refractivity contribution in [3.05, 3.63) is 29.8 Å². The van der Waals surface area contributed by atoms with Crippen LogP contribution in [0.2, 0.25) is 0 Å². The number of hydrogen-bond acceptors (Lipinski definition) is 5. The summed E-state index contributed by atoms with van der Waals surface area (Å²) in [5.74, 6) is -0.216. The van der Waals surface area contributed by atoms with Crippen molar-refractivity contribution in [3.63, 3.8) is 0 Å². The summed E-state index contributed by atoms with van der Waals surface area (Å²) in [4.78, 5) is 0.0952. The summed E-state index contributed by atoms with van der Waals surface area (Å²) >= 11 is 0. The summed E-state index contributed by atoms with van der Waals surface area (Å²) < 4.78 is 49.3. The summed E-state index contributed by atoms with van der Waals surface area (Å²) in [5, 5.41) is 0. The van der Waals surface area contributed by atoms with Crippen LogP contribution in [-0.4, -0.2) is 34.9 Å². The van der Waals surface area contributed by atoms with Gasteiger partial charge in [-0.25, -0.2) is 21.6 Å². The minimum atomic E-state index is -3.73. The van der Waals surface area contributed by atoms with Crippen LogP contribution in [0.15, 0.2) is 29.2 Å². The van der Waals surface area contributed by atoms with E-state index >= 15 is 0 Å². The molecule has 21 heavy (non-hydrogen) atoms. The highest BCUT2D eigenvalue weighted by molar-refractivity contribution is 7.91. The molecule has 0 aliphatic rings. The summed E-state index contributed by atoms with van der Waals surface area (Å²) in [6, 6.07) is 6.16. The van der Waals surface area contributed by atoms with Crippen molar-refractivity contribution in [1.29, 1.82) is 0 Å². The molecule has 0 saturated carbocycles. The Kier molecular flexibility index (Phi) is 6.33. The van der Waals surface area contributed by atoms with E-state index in [1.807, 2.05) is 6.92 Å². The lowest BCUT2D eigenvalue weighted by Gasteiger charge is -2.12. The van der Waals surface area contributed by atoms with Gasteiger partial charge in [-0.2, -0.15) is 0 Å². The topological polar surface area (TPSA) is 106 Å². The molecule has 6 nitrogen and oxygen atoms in total. The lowest BCUT2D eigenvalue weighted by Crippen LogP contribution is -2.29. The monoisotopic (exact) mass is 334 g/mol. The maximum atomic E-state index is 12.1. The van der Waals surface area contributed by atoms with Crippen LogP contribution in [-0.2, 0) is 19.9 Å². The molecule has 1 aromatic carbocycles. The van der Waals surface area contributed by atoms with E-state index in [1.54, 1.807) is 12.1 Å². The summed E-state index contributed by atoms with van der Waals surface area (Å²) in [6.07, 6.45) is 0.700. The van der Waals surface area contributed by atoms with Crippen molar-refractivity contribution in [3.8, 4) is 0 Å². The zero-order valence-electron chi connectivity index (χ0n) is 12.2. The van der Waals surface area contributed by atoms with Gasteiger partial charge < -0.3 is 5.73 Å². The zero-order chi connectivity index (χ0) is 16.1. The van der Waals surface area contributed by atoms with Crippen molar-refractivity contribution in [2.45, 2.75) is 31.2 Å². The number of sulfonamides is 1. The number of benzene rings is 1. The second-order valence-electron chi connectivity index (χ2n) is 4.72. The molecule has 0 fully saturated rings. The number of nitrogens with one attached hydrogen (secondary N) is 1. The van der Waals surface area contributed by atoms with Crippen molar-refractivity contribution in [2.24, 2.45) is 5.73 Å². The van der Waals surface area contributed by atoms with Gasteiger partial charge in [0.25, 0.3) is 0 Å². The average molecular weight is 334 g/mol. The van der Waals surface area contributed by atoms with Crippen LogP contribution in [0.1, 0.15) is 31.9 Å². The number of sulfone groups is 1. The van der Waals surface area contributed by atoms with Crippen LogP contribution in [0.4, 0.5) is 0 Å². The third-order valence-electron chi connectivity index (χ3n) is 3.18. The second kappa shape index (κ2) is 7.35. The maximum absolute atomic E-state index is 12.1. The molecule has 120 valence electrons. The number of hydrogen-bond donors (Lipinski definition) is 2. The average Bonchev–Trinajstić information content (AvgIpc) is 2.46. The van der Waals surface area contributed by atoms with Crippen LogP contribution in [0.25, 0.3) is 0 Å². The molecule has 0 aliphatic carbocycles. The highest BCUT2D eigenvalue weighted by Crippen LogP contribution is 2.18. The van der Waals surface area contributed by atoms with E-state index in [2.05, 4.69) is 4.72 Å². The first kappa shape index (κ1) is 18.1. The van der Waals surface area contributed by atoms with Gasteiger partial charge in [-0.05, 0) is 24.1 Å². The third-order valence-corrected chi connectivity index (χ3v) is 6.35. The minimum absolute atomic E-state index is 0.00440. The Bertz CT molecular complexity index is 669. The summed E-state index contributed by atoms with van der Waals surface area (Å²) in [7, 11) is -6.92. The Hall–Kier alpha value is -0.960. The minimum Gasteiger partial charge on any atom is -0.324 e. The normalized spacial score (nSPS) is 14.0. The molecule has 1 rings (SSSR count). The van der Waals surface area contributed by atoms with Crippen LogP contribution in [0, 0.1) is 0 Å². The predicted octanol–water partition coefficient (Wildman–Crippen LogP) is 0.809. The van der Waals surface area contributed by atoms with E-state index in [-0.39, 0.29) is 29.0 Å². The van der Waals surface area contributed by atoms with Crippen LogP contribution >= 0.6 is 0 Å². The molecule has 8 heteroatoms. The fourth-order valence-corrected chi connectivity index (χ4v) is 3.62. The first-order valence-electron chi connectivity index (χ1n) is 6.77. The molecule has 0 aliphatic heterocycles. The number of rotatable bonds is 8. The van der Waals surface area contributed by atoms with Gasteiger partial charge in [0, 0.05) is 18.3 Å². The van der Waals surface area contributed by atoms with E-state index in [4.69, 9.17) is 5.73 Å². The Morgan fingerprint density at radius 2 is 1.86 bits per heavy atom. The fourth-order valence-electron chi connectivity index (χ4n) is 1.71. The van der Waals surface area contributed by atoms with Crippen LogP contribution in [0.3, 0.4) is 0 Å². The van der Waals surface area contributed by atoms with E-state index in [9.17, 15) is 16.8 Å². The highest BCUT2D eigenvalue weighted by Gasteiger charge is 2.17. The molecule has 0 radical (unpaired) electrons. The van der Waals surface area contributed by atoms with Gasteiger partial charge in [0.15, 0.2) is 9.84 Å². The molecule has 1 unspecified atom stereocenters. The lowest BCUT2D eigenvalue weighted by molar-refractivity contribution is 0.580. The van der Waals surface area contributed by atoms with Gasteiger partial charge >= 0.3 is 0 Å². The van der Waals surface area contributed by atoms with Gasteiger partial charge in [0.1, 0.15) is 0 Å². The fraction of sp³-hybridized carbons (Fsp3) is 0.538. The summed E-state index contributed by atoms with van der Waals surface area (Å²) in [5.41, 5.74) is 6.62. The molecule has 0 amide bonds. The van der Waals surface area contributed by atoms with Gasteiger partial charge in [-0.3, -0.25) is 0 Å². The molecule has 3 N–H and O–H groups in total. The molecule has 0 bridgehead atoms. The standard InChI is InChI=1S/C13H22N2O4S2/c1-3-13(14)11-6-5-7-12(10-11)21(18,19)15-8-9-20(16,17)4-2/h5-7,10,13,15H,3-4,8-9,14H2,1-2H3. The van der Waals surface area contributed by atoms with Crippen molar-refractivity contribution in [1.82, 2.24) is 4.72 Å². The van der Waals surface area contributed by atoms with Crippen LogP contribution in [0.5, 0.6) is 0 Å². The molecule has 0 heterocycles. The first-order chi connectivity index (χ1) is 9.72. The van der Waals surface area contributed by atoms with E-state index in [0.29, 0.717) is 6.42 Å². The Morgan fingerprint density at radius 1 is 1.19 bits per heavy atom. The Labute approximate surface area is 126 Å².